The van der Waals surface area contributed by atoms with Gasteiger partial charge >= 0.3 is 24.0 Å². The number of nitrogens with zero attached hydrogens (tertiary/aromatic N) is 2. The van der Waals surface area contributed by atoms with Crippen LogP contribution in [0.1, 0.15) is 31.2 Å². The van der Waals surface area contributed by atoms with E-state index in [1.165, 1.54) is 0 Å². The lowest BCUT2D eigenvalue weighted by Crippen LogP contribution is -2.52. The molecular weight excluding hydrogens is 625 g/mol. The van der Waals surface area contributed by atoms with Crippen LogP contribution in [-0.2, 0) is 41.5 Å². The zero-order chi connectivity index (χ0) is 33.9. The van der Waals surface area contributed by atoms with Gasteiger partial charge in [-0.2, -0.15) is 18.2 Å². The molecule has 0 aliphatic heterocycles. The first kappa shape index (κ1) is 35.0. The van der Waals surface area contributed by atoms with Crippen LogP contribution in [-0.4, -0.2) is 58.1 Å². The van der Waals surface area contributed by atoms with Crippen molar-refractivity contribution in [2.45, 2.75) is 44.6 Å². The molecule has 0 aliphatic rings. The number of nitrogens with one attached hydrogen (secondary N) is 3. The molecular formula is C29H26F5N5O7. The largest absolute Gasteiger partial charge is 0.469 e. The Morgan fingerprint density at radius 3 is 2.22 bits per heavy atom. The Hall–Kier alpha value is -5.48. The molecule has 0 radical (unpaired) electrons. The van der Waals surface area contributed by atoms with Crippen LogP contribution in [0.15, 0.2) is 60.8 Å². The minimum absolute atomic E-state index is 0.0785. The SMILES string of the molecule is C[C@H](NC(=O)C(=O)Nc1c(F)cccc1F)C(=O)N[C@@H](CCC(=O)OCc1ccccc1)C(=O)COc1ccnc(C(F)(F)F)n1. The summed E-state index contributed by atoms with van der Waals surface area (Å²) in [6, 6.07) is 9.32. The third-order valence-corrected chi connectivity index (χ3v) is 5.98. The van der Waals surface area contributed by atoms with E-state index in [-0.39, 0.29) is 13.0 Å². The Morgan fingerprint density at radius 1 is 0.891 bits per heavy atom. The number of rotatable bonds is 13. The summed E-state index contributed by atoms with van der Waals surface area (Å²) >= 11 is 0. The van der Waals surface area contributed by atoms with E-state index >= 15 is 0 Å². The maximum absolute atomic E-state index is 13.8. The molecule has 3 aromatic rings. The van der Waals surface area contributed by atoms with E-state index in [0.29, 0.717) is 5.56 Å². The zero-order valence-corrected chi connectivity index (χ0v) is 23.9. The maximum atomic E-state index is 13.8. The van der Waals surface area contributed by atoms with Crippen LogP contribution in [0.4, 0.5) is 27.6 Å². The van der Waals surface area contributed by atoms with Crippen LogP contribution >= 0.6 is 0 Å². The Labute approximate surface area is 257 Å². The molecule has 0 saturated carbocycles. The van der Waals surface area contributed by atoms with Gasteiger partial charge in [0, 0.05) is 18.7 Å². The number of hydrogen-bond donors (Lipinski definition) is 3. The molecule has 3 N–H and O–H groups in total. The molecule has 0 bridgehead atoms. The Bertz CT molecular complexity index is 1550. The van der Waals surface area contributed by atoms with E-state index in [1.807, 2.05) is 5.32 Å². The molecule has 3 amide bonds. The third-order valence-electron chi connectivity index (χ3n) is 5.98. The molecule has 0 aliphatic carbocycles. The highest BCUT2D eigenvalue weighted by molar-refractivity contribution is 6.40. The van der Waals surface area contributed by atoms with Gasteiger partial charge in [-0.15, -0.1) is 0 Å². The number of carbonyl (C=O) groups is 5. The van der Waals surface area contributed by atoms with Crippen LogP contribution in [0.3, 0.4) is 0 Å². The number of ether oxygens (including phenoxy) is 2. The van der Waals surface area contributed by atoms with Crippen molar-refractivity contribution in [3.8, 4) is 5.88 Å². The van der Waals surface area contributed by atoms with Gasteiger partial charge in [0.05, 0.1) is 6.04 Å². The van der Waals surface area contributed by atoms with Crippen LogP contribution in [0.25, 0.3) is 0 Å². The summed E-state index contributed by atoms with van der Waals surface area (Å²) < 4.78 is 76.6. The fourth-order valence-electron chi connectivity index (χ4n) is 3.60. The first-order chi connectivity index (χ1) is 21.7. The summed E-state index contributed by atoms with van der Waals surface area (Å²) in [5.41, 5.74) is -0.213. The molecule has 0 saturated heterocycles. The van der Waals surface area contributed by atoms with Gasteiger partial charge in [0.2, 0.25) is 17.6 Å². The molecule has 0 fully saturated rings. The van der Waals surface area contributed by atoms with Crippen LogP contribution < -0.4 is 20.7 Å². The van der Waals surface area contributed by atoms with Gasteiger partial charge in [0.15, 0.2) is 12.4 Å². The van der Waals surface area contributed by atoms with Crippen molar-refractivity contribution in [2.75, 3.05) is 11.9 Å². The Morgan fingerprint density at radius 2 is 1.57 bits per heavy atom. The lowest BCUT2D eigenvalue weighted by Gasteiger charge is -2.21. The second-order valence-corrected chi connectivity index (χ2v) is 9.46. The summed E-state index contributed by atoms with van der Waals surface area (Å²) in [6.45, 7) is 0.149. The summed E-state index contributed by atoms with van der Waals surface area (Å²) in [4.78, 5) is 68.8. The number of amides is 3. The van der Waals surface area contributed by atoms with Gasteiger partial charge in [0.1, 0.15) is 30.0 Å². The first-order valence-corrected chi connectivity index (χ1v) is 13.4. The number of para-hydroxylation sites is 1. The minimum Gasteiger partial charge on any atom is -0.469 e. The van der Waals surface area contributed by atoms with E-state index in [1.54, 1.807) is 35.6 Å². The summed E-state index contributed by atoms with van der Waals surface area (Å²) in [7, 11) is 0. The monoisotopic (exact) mass is 651 g/mol. The van der Waals surface area contributed by atoms with Crippen molar-refractivity contribution < 1.29 is 55.4 Å². The fourth-order valence-corrected chi connectivity index (χ4v) is 3.60. The fraction of sp³-hybridized carbons (Fsp3) is 0.276. The predicted molar refractivity (Wildman–Crippen MR) is 148 cm³/mol. The summed E-state index contributed by atoms with van der Waals surface area (Å²) in [5.74, 6) is -10.1. The van der Waals surface area contributed by atoms with Gasteiger partial charge in [-0.1, -0.05) is 36.4 Å². The van der Waals surface area contributed by atoms with E-state index in [4.69, 9.17) is 9.47 Å². The van der Waals surface area contributed by atoms with Gasteiger partial charge in [-0.05, 0) is 31.0 Å². The first-order valence-electron chi connectivity index (χ1n) is 13.4. The number of alkyl halides is 3. The molecule has 2 aromatic carbocycles. The van der Waals surface area contributed by atoms with Crippen molar-refractivity contribution >= 4 is 35.2 Å². The second-order valence-electron chi connectivity index (χ2n) is 9.46. The Balaban J connectivity index is 1.64. The van der Waals surface area contributed by atoms with Gasteiger partial charge in [-0.3, -0.25) is 24.0 Å². The molecule has 17 heteroatoms. The third kappa shape index (κ3) is 10.6. The van der Waals surface area contributed by atoms with Crippen LogP contribution in [0, 0.1) is 11.6 Å². The highest BCUT2D eigenvalue weighted by atomic mass is 19.4. The number of carbonyl (C=O) groups excluding carboxylic acids is 5. The maximum Gasteiger partial charge on any atom is 0.451 e. The normalized spacial score (nSPS) is 12.3. The van der Waals surface area contributed by atoms with E-state index in [9.17, 15) is 45.9 Å². The molecule has 3 rings (SSSR count). The smallest absolute Gasteiger partial charge is 0.451 e. The molecule has 0 spiro atoms. The van der Waals surface area contributed by atoms with Gasteiger partial charge in [-0.25, -0.2) is 13.8 Å². The number of anilines is 1. The summed E-state index contributed by atoms with van der Waals surface area (Å²) in [5, 5.41) is 6.02. The van der Waals surface area contributed by atoms with Crippen LogP contribution in [0.2, 0.25) is 0 Å². The quantitative estimate of drug-likeness (QED) is 0.143. The topological polar surface area (TPSA) is 166 Å². The lowest BCUT2D eigenvalue weighted by molar-refractivity contribution is -0.146. The molecule has 12 nitrogen and oxygen atoms in total. The minimum atomic E-state index is -4.89. The van der Waals surface area contributed by atoms with Gasteiger partial charge in [0.25, 0.3) is 0 Å². The average molecular weight is 652 g/mol. The van der Waals surface area contributed by atoms with E-state index in [0.717, 1.165) is 37.4 Å². The summed E-state index contributed by atoms with van der Waals surface area (Å²) in [6.07, 6.45) is -4.88. The number of Topliss-reactive ketones (excluding diaryl/α,β-unsaturated/α-hetero) is 1. The highest BCUT2D eigenvalue weighted by Crippen LogP contribution is 2.26. The molecule has 1 heterocycles. The molecule has 0 unspecified atom stereocenters. The highest BCUT2D eigenvalue weighted by Gasteiger charge is 2.35. The van der Waals surface area contributed by atoms with Crippen molar-refractivity contribution in [1.29, 1.82) is 0 Å². The molecule has 2 atom stereocenters. The Kier molecular flexibility index (Phi) is 12.2. The predicted octanol–water partition coefficient (Wildman–Crippen LogP) is 2.87. The molecule has 46 heavy (non-hydrogen) atoms. The lowest BCUT2D eigenvalue weighted by atomic mass is 10.1. The number of benzene rings is 2. The second kappa shape index (κ2) is 16.0. The molecule has 1 aromatic heterocycles. The van der Waals surface area contributed by atoms with Crippen molar-refractivity contribution in [1.82, 2.24) is 20.6 Å². The number of hydrogen-bond acceptors (Lipinski definition) is 9. The van der Waals surface area contributed by atoms with Crippen LogP contribution in [0.5, 0.6) is 5.88 Å². The van der Waals surface area contributed by atoms with E-state index in [2.05, 4.69) is 15.3 Å². The van der Waals surface area contributed by atoms with Crippen molar-refractivity contribution in [3.63, 3.8) is 0 Å². The standard InChI is InChI=1S/C29H26F5N5O7/c1-16(36-26(43)27(44)39-24-18(30)8-5-9-19(24)31)25(42)37-20(10-11-23(41)46-14-17-6-3-2-4-7-17)21(40)15-45-22-12-13-35-28(38-22)29(32,33)34/h2-9,12-13,16,20H,10-11,14-15H2,1H3,(H,36,43)(H,37,42)(H,39,44)/t16-,20-/m0/s1. The number of halogens is 5. The number of esters is 1. The average Bonchev–Trinajstić information content (AvgIpc) is 3.02. The van der Waals surface area contributed by atoms with E-state index < -0.39 is 89.8 Å². The number of ketones is 1. The number of aromatic nitrogens is 2. The zero-order valence-electron chi connectivity index (χ0n) is 23.9. The molecule has 244 valence electrons. The van der Waals surface area contributed by atoms with Crippen molar-refractivity contribution in [3.05, 3.63) is 83.8 Å². The van der Waals surface area contributed by atoms with Gasteiger partial charge < -0.3 is 25.4 Å². The van der Waals surface area contributed by atoms with Crippen molar-refractivity contribution in [2.24, 2.45) is 0 Å².